The summed E-state index contributed by atoms with van der Waals surface area (Å²) in [5.41, 5.74) is 7.69. The first-order chi connectivity index (χ1) is 10.1. The highest BCUT2D eigenvalue weighted by molar-refractivity contribution is 6.01. The van der Waals surface area contributed by atoms with Crippen LogP contribution in [-0.4, -0.2) is 43.5 Å². The third-order valence-corrected chi connectivity index (χ3v) is 3.17. The molecule has 6 heteroatoms. The Morgan fingerprint density at radius 2 is 2.05 bits per heavy atom. The maximum absolute atomic E-state index is 12.1. The normalized spacial score (nSPS) is 14.0. The smallest absolute Gasteiger partial charge is 0.255 e. The van der Waals surface area contributed by atoms with Gasteiger partial charge in [0.2, 0.25) is 0 Å². The number of hydrogen-bond acceptors (Lipinski definition) is 5. The second kappa shape index (κ2) is 8.16. The number of nitrogens with one attached hydrogen (secondary N) is 1. The van der Waals surface area contributed by atoms with E-state index in [9.17, 15) is 14.4 Å². The van der Waals surface area contributed by atoms with E-state index in [0.717, 1.165) is 11.8 Å². The average molecular weight is 291 g/mol. The van der Waals surface area contributed by atoms with Crippen molar-refractivity contribution >= 4 is 24.2 Å². The first kappa shape index (κ1) is 16.8. The second-order valence-corrected chi connectivity index (χ2v) is 4.75. The Hall–Kier alpha value is -2.21. The van der Waals surface area contributed by atoms with Gasteiger partial charge in [0, 0.05) is 29.8 Å². The number of rotatable bonds is 5. The van der Waals surface area contributed by atoms with Gasteiger partial charge >= 0.3 is 0 Å². The minimum Gasteiger partial charge on any atom is -0.398 e. The average Bonchev–Trinajstić information content (AvgIpc) is 2.80. The minimum atomic E-state index is -0.561. The van der Waals surface area contributed by atoms with Crippen LogP contribution in [0.4, 0.5) is 5.69 Å². The zero-order valence-electron chi connectivity index (χ0n) is 12.3. The van der Waals surface area contributed by atoms with Gasteiger partial charge in [-0.1, -0.05) is 6.07 Å². The van der Waals surface area contributed by atoms with E-state index >= 15 is 0 Å². The third-order valence-electron chi connectivity index (χ3n) is 3.17. The zero-order chi connectivity index (χ0) is 15.8. The second-order valence-electron chi connectivity index (χ2n) is 4.75. The van der Waals surface area contributed by atoms with Crippen LogP contribution in [0.5, 0.6) is 0 Å². The van der Waals surface area contributed by atoms with Crippen LogP contribution in [0.15, 0.2) is 18.2 Å². The monoisotopic (exact) mass is 291 g/mol. The van der Waals surface area contributed by atoms with Gasteiger partial charge < -0.3 is 25.5 Å². The van der Waals surface area contributed by atoms with Crippen LogP contribution in [0.25, 0.3) is 0 Å². The summed E-state index contributed by atoms with van der Waals surface area (Å²) in [5, 5.41) is 2.75. The highest BCUT2D eigenvalue weighted by Gasteiger charge is 2.33. The SMILES string of the molecule is CNC.Nc1cccc2c1CN(C(C=O)CCC=O)C2=O. The van der Waals surface area contributed by atoms with Crippen molar-refractivity contribution in [2.24, 2.45) is 0 Å². The van der Waals surface area contributed by atoms with E-state index in [2.05, 4.69) is 5.32 Å². The van der Waals surface area contributed by atoms with E-state index in [1.54, 1.807) is 18.2 Å². The molecule has 0 fully saturated rings. The number of anilines is 1. The topological polar surface area (TPSA) is 92.5 Å². The molecular weight excluding hydrogens is 270 g/mol. The molecule has 1 amide bonds. The number of nitrogens with two attached hydrogens (primary N) is 1. The summed E-state index contributed by atoms with van der Waals surface area (Å²) in [4.78, 5) is 35.0. The molecule has 1 aromatic carbocycles. The van der Waals surface area contributed by atoms with E-state index in [1.807, 2.05) is 14.1 Å². The molecule has 1 aliphatic rings. The van der Waals surface area contributed by atoms with Crippen LogP contribution in [0.1, 0.15) is 28.8 Å². The molecule has 1 heterocycles. The molecule has 6 nitrogen and oxygen atoms in total. The Kier molecular flexibility index (Phi) is 6.55. The van der Waals surface area contributed by atoms with Crippen molar-refractivity contribution in [3.8, 4) is 0 Å². The molecule has 0 saturated heterocycles. The Bertz CT molecular complexity index is 517. The van der Waals surface area contributed by atoms with E-state index in [1.165, 1.54) is 4.90 Å². The molecule has 0 aromatic heterocycles. The van der Waals surface area contributed by atoms with Crippen LogP contribution in [0, 0.1) is 0 Å². The van der Waals surface area contributed by atoms with Gasteiger partial charge in [-0.15, -0.1) is 0 Å². The number of amides is 1. The Morgan fingerprint density at radius 1 is 1.38 bits per heavy atom. The number of fused-ring (bicyclic) bond motifs is 1. The van der Waals surface area contributed by atoms with Crippen LogP contribution < -0.4 is 11.1 Å². The summed E-state index contributed by atoms with van der Waals surface area (Å²) < 4.78 is 0. The van der Waals surface area contributed by atoms with Crippen LogP contribution in [0.2, 0.25) is 0 Å². The first-order valence-corrected chi connectivity index (χ1v) is 6.76. The molecule has 1 aromatic rings. The number of carbonyl (C=O) groups excluding carboxylic acids is 3. The lowest BCUT2D eigenvalue weighted by Gasteiger charge is -2.22. The van der Waals surface area contributed by atoms with Gasteiger partial charge in [0.15, 0.2) is 0 Å². The van der Waals surface area contributed by atoms with E-state index in [-0.39, 0.29) is 12.3 Å². The van der Waals surface area contributed by atoms with Crippen molar-refractivity contribution < 1.29 is 14.4 Å². The van der Waals surface area contributed by atoms with Crippen molar-refractivity contribution in [1.82, 2.24) is 10.2 Å². The van der Waals surface area contributed by atoms with Gasteiger partial charge in [-0.2, -0.15) is 0 Å². The number of carbonyl (C=O) groups is 3. The molecule has 0 saturated carbocycles. The lowest BCUT2D eigenvalue weighted by molar-refractivity contribution is -0.112. The van der Waals surface area contributed by atoms with Gasteiger partial charge in [0.25, 0.3) is 5.91 Å². The molecule has 0 aliphatic carbocycles. The summed E-state index contributed by atoms with van der Waals surface area (Å²) >= 11 is 0. The molecule has 1 unspecified atom stereocenters. The Balaban J connectivity index is 0.000000677. The quantitative estimate of drug-likeness (QED) is 0.612. The van der Waals surface area contributed by atoms with Crippen molar-refractivity contribution in [2.45, 2.75) is 25.4 Å². The number of nitrogen functional groups attached to an aromatic ring is 1. The number of aldehydes is 2. The van der Waals surface area contributed by atoms with Crippen LogP contribution in [0.3, 0.4) is 0 Å². The van der Waals surface area contributed by atoms with Gasteiger partial charge in [-0.25, -0.2) is 0 Å². The summed E-state index contributed by atoms with van der Waals surface area (Å²) in [6.45, 7) is 0.336. The van der Waals surface area contributed by atoms with Crippen molar-refractivity contribution in [3.05, 3.63) is 29.3 Å². The molecule has 3 N–H and O–H groups in total. The van der Waals surface area contributed by atoms with Crippen molar-refractivity contribution in [3.63, 3.8) is 0 Å². The summed E-state index contributed by atoms with van der Waals surface area (Å²) in [6, 6.07) is 4.60. The lowest BCUT2D eigenvalue weighted by Crippen LogP contribution is -2.36. The molecule has 0 spiro atoms. The van der Waals surface area contributed by atoms with Gasteiger partial charge in [0.1, 0.15) is 12.6 Å². The fraction of sp³-hybridized carbons (Fsp3) is 0.400. The van der Waals surface area contributed by atoms with Gasteiger partial charge in [-0.3, -0.25) is 4.79 Å². The summed E-state index contributed by atoms with van der Waals surface area (Å²) in [7, 11) is 3.75. The maximum atomic E-state index is 12.1. The predicted octanol–water partition coefficient (Wildman–Crippen LogP) is 0.607. The van der Waals surface area contributed by atoms with E-state index < -0.39 is 6.04 Å². The molecule has 114 valence electrons. The number of benzene rings is 1. The molecule has 1 atom stereocenters. The van der Waals surface area contributed by atoms with Crippen LogP contribution >= 0.6 is 0 Å². The first-order valence-electron chi connectivity index (χ1n) is 6.76. The highest BCUT2D eigenvalue weighted by Crippen LogP contribution is 2.29. The van der Waals surface area contributed by atoms with E-state index in [4.69, 9.17) is 5.73 Å². The largest absolute Gasteiger partial charge is 0.398 e. The van der Waals surface area contributed by atoms with Crippen molar-refractivity contribution in [2.75, 3.05) is 19.8 Å². The molecular formula is C15H21N3O3. The van der Waals surface area contributed by atoms with Gasteiger partial charge in [0.05, 0.1) is 6.04 Å². The van der Waals surface area contributed by atoms with Gasteiger partial charge in [-0.05, 0) is 32.6 Å². The Labute approximate surface area is 124 Å². The minimum absolute atomic E-state index is 0.194. The van der Waals surface area contributed by atoms with Crippen LogP contribution in [-0.2, 0) is 16.1 Å². The molecule has 1 aliphatic heterocycles. The standard InChI is InChI=1S/C13H14N2O3.C2H7N/c14-12-5-1-4-10-11(12)7-15(13(10)18)9(8-17)3-2-6-16;1-3-2/h1,4-6,8-9H,2-3,7,14H2;3H,1-2H3. The molecule has 21 heavy (non-hydrogen) atoms. The lowest BCUT2D eigenvalue weighted by atomic mass is 10.1. The maximum Gasteiger partial charge on any atom is 0.255 e. The third kappa shape index (κ3) is 3.88. The predicted molar refractivity (Wildman–Crippen MR) is 80.9 cm³/mol. The Morgan fingerprint density at radius 3 is 2.57 bits per heavy atom. The molecule has 0 bridgehead atoms. The number of nitrogens with zero attached hydrogens (tertiary/aromatic N) is 1. The zero-order valence-corrected chi connectivity index (χ0v) is 12.3. The summed E-state index contributed by atoms with van der Waals surface area (Å²) in [6.07, 6.45) is 2.08. The van der Waals surface area contributed by atoms with Crippen molar-refractivity contribution in [1.29, 1.82) is 0 Å². The van der Waals surface area contributed by atoms with E-state index in [0.29, 0.717) is 30.5 Å². The molecule has 2 rings (SSSR count). The highest BCUT2D eigenvalue weighted by atomic mass is 16.2. The summed E-state index contributed by atoms with van der Waals surface area (Å²) in [5.74, 6) is -0.194. The fourth-order valence-corrected chi connectivity index (χ4v) is 2.18. The fourth-order valence-electron chi connectivity index (χ4n) is 2.18. The number of hydrogen-bond donors (Lipinski definition) is 2. The molecule has 0 radical (unpaired) electrons.